The molecule has 0 amide bonds. The Balaban J connectivity index is 1.62. The molecule has 1 aromatic carbocycles. The lowest BCUT2D eigenvalue weighted by Crippen LogP contribution is -2.81. The number of hydrogen-bond donors (Lipinski definition) is 6. The summed E-state index contributed by atoms with van der Waals surface area (Å²) in [5.41, 5.74) is -3.61. The molecule has 0 radical (unpaired) electrons. The number of ether oxygens (including phenoxy) is 4. The Morgan fingerprint density at radius 2 is 1.93 bits per heavy atom. The molecule has 9 atom stereocenters. The molecule has 2 bridgehead atoms. The minimum absolute atomic E-state index is 0.00240. The van der Waals surface area contributed by atoms with Gasteiger partial charge < -0.3 is 54.0 Å². The van der Waals surface area contributed by atoms with Crippen LogP contribution >= 0.6 is 0 Å². The number of benzene rings is 1. The summed E-state index contributed by atoms with van der Waals surface area (Å²) in [6.07, 6.45) is -1.45. The van der Waals surface area contributed by atoms with Gasteiger partial charge in [-0.25, -0.2) is 0 Å². The molecule has 1 aromatic heterocycles. The molecule has 1 saturated carbocycles. The Labute approximate surface area is 230 Å². The van der Waals surface area contributed by atoms with Crippen LogP contribution in [0.25, 0.3) is 11.0 Å². The van der Waals surface area contributed by atoms with Crippen molar-refractivity contribution in [1.29, 1.82) is 0 Å². The lowest BCUT2D eigenvalue weighted by molar-refractivity contribution is -0.391. The number of furan rings is 1. The first-order valence-electron chi connectivity index (χ1n) is 13.4. The summed E-state index contributed by atoms with van der Waals surface area (Å²) in [5, 5.41) is 66.9. The van der Waals surface area contributed by atoms with E-state index in [-0.39, 0.29) is 37.4 Å². The van der Waals surface area contributed by atoms with Gasteiger partial charge in [0.05, 0.1) is 32.7 Å². The number of carbonyl (C=O) groups excluding carboxylic acids is 1. The summed E-state index contributed by atoms with van der Waals surface area (Å²) in [5.74, 6) is -2.76. The second kappa shape index (κ2) is 10.9. The molecule has 220 valence electrons. The van der Waals surface area contributed by atoms with E-state index in [2.05, 4.69) is 0 Å². The van der Waals surface area contributed by atoms with E-state index < -0.39 is 72.7 Å². The second-order valence-corrected chi connectivity index (χ2v) is 10.7. The van der Waals surface area contributed by atoms with Crippen LogP contribution in [0.5, 0.6) is 11.5 Å². The van der Waals surface area contributed by atoms with Gasteiger partial charge in [0.2, 0.25) is 12.0 Å². The van der Waals surface area contributed by atoms with Gasteiger partial charge in [0, 0.05) is 30.2 Å². The number of esters is 1. The monoisotopic (exact) mass is 564 g/mol. The number of fused-ring (bicyclic) bond motifs is 5. The van der Waals surface area contributed by atoms with Gasteiger partial charge in [-0.3, -0.25) is 4.79 Å². The molecule has 0 unspecified atom stereocenters. The predicted molar refractivity (Wildman–Crippen MR) is 137 cm³/mol. The zero-order valence-corrected chi connectivity index (χ0v) is 22.3. The molecule has 2 fully saturated rings. The summed E-state index contributed by atoms with van der Waals surface area (Å²) >= 11 is 0. The summed E-state index contributed by atoms with van der Waals surface area (Å²) in [4.78, 5) is 12.2. The van der Waals surface area contributed by atoms with E-state index in [0.717, 1.165) is 0 Å². The standard InChI is InChI=1S/C28H36O12/c1-3-37-20(32)7-5-14-10-15-8-9-38-22(15)24(36-2)23(14)40-26-28(35)21-16(4-6-18(31)17(21)12-29)11-27(34,25(28)33)19(13-30)39-26/h4,6,8-10,16-19,21,25-26,29-31,33-35H,3,5,7,11-13H2,1-2H3/t16-,17+,18-,19+,21-,25-,26+,27+,28-/m0/s1. The molecule has 3 aliphatic rings. The van der Waals surface area contributed by atoms with Crippen LogP contribution < -0.4 is 9.47 Å². The molecular weight excluding hydrogens is 528 g/mol. The van der Waals surface area contributed by atoms with Gasteiger partial charge in [-0.2, -0.15) is 0 Å². The van der Waals surface area contributed by atoms with Crippen LogP contribution in [-0.2, 0) is 20.7 Å². The zero-order chi connectivity index (χ0) is 28.8. The van der Waals surface area contributed by atoms with Crippen molar-refractivity contribution in [3.05, 3.63) is 36.1 Å². The van der Waals surface area contributed by atoms with Gasteiger partial charge in [-0.05, 0) is 43.4 Å². The fourth-order valence-electron chi connectivity index (χ4n) is 6.71. The van der Waals surface area contributed by atoms with Crippen LogP contribution in [0.3, 0.4) is 0 Å². The van der Waals surface area contributed by atoms with Gasteiger partial charge in [-0.1, -0.05) is 12.2 Å². The lowest BCUT2D eigenvalue weighted by atomic mass is 9.53. The highest BCUT2D eigenvalue weighted by Crippen LogP contribution is 2.56. The highest BCUT2D eigenvalue weighted by atomic mass is 16.7. The first kappa shape index (κ1) is 28.8. The number of rotatable bonds is 9. The molecule has 0 spiro atoms. The Morgan fingerprint density at radius 1 is 1.15 bits per heavy atom. The number of hydrogen-bond acceptors (Lipinski definition) is 12. The molecule has 40 heavy (non-hydrogen) atoms. The second-order valence-electron chi connectivity index (χ2n) is 10.7. The van der Waals surface area contributed by atoms with Crippen LogP contribution in [0, 0.1) is 17.8 Å². The van der Waals surface area contributed by atoms with Crippen molar-refractivity contribution in [2.24, 2.45) is 17.8 Å². The Kier molecular flexibility index (Phi) is 7.87. The summed E-state index contributed by atoms with van der Waals surface area (Å²) < 4.78 is 28.6. The molecular formula is C28H36O12. The minimum Gasteiger partial charge on any atom is -0.490 e. The molecule has 12 heteroatoms. The van der Waals surface area contributed by atoms with Gasteiger partial charge in [0.1, 0.15) is 17.8 Å². The molecule has 6 N–H and O–H groups in total. The van der Waals surface area contributed by atoms with E-state index >= 15 is 0 Å². The lowest BCUT2D eigenvalue weighted by Gasteiger charge is -2.63. The Morgan fingerprint density at radius 3 is 2.60 bits per heavy atom. The van der Waals surface area contributed by atoms with Crippen molar-refractivity contribution in [1.82, 2.24) is 0 Å². The number of carbonyl (C=O) groups is 1. The van der Waals surface area contributed by atoms with Crippen molar-refractivity contribution in [3.8, 4) is 11.5 Å². The SMILES string of the molecule is CCOC(=O)CCc1cc2ccoc2c(OC)c1O[C@H]1O[C@H](CO)[C@]2(O)C[C@@H]3C=C[C@H](O)[C@@H](CO)[C@H]3[C@]1(O)[C@H]2O. The average molecular weight is 565 g/mol. The van der Waals surface area contributed by atoms with Gasteiger partial charge in [-0.15, -0.1) is 0 Å². The summed E-state index contributed by atoms with van der Waals surface area (Å²) in [6.45, 7) is 0.698. The molecule has 5 rings (SSSR count). The van der Waals surface area contributed by atoms with Gasteiger partial charge in [0.25, 0.3) is 0 Å². The van der Waals surface area contributed by atoms with Crippen molar-refractivity contribution < 1.29 is 58.8 Å². The third-order valence-corrected chi connectivity index (χ3v) is 8.59. The third kappa shape index (κ3) is 4.38. The van der Waals surface area contributed by atoms with Gasteiger partial charge in [0.15, 0.2) is 16.9 Å². The minimum atomic E-state index is -2.36. The number of aliphatic hydroxyl groups excluding tert-OH is 4. The number of methoxy groups -OCH3 is 1. The molecule has 1 aliphatic heterocycles. The Bertz CT molecular complexity index is 1260. The topological polar surface area (TPSA) is 189 Å². The van der Waals surface area contributed by atoms with Crippen LogP contribution in [0.1, 0.15) is 25.3 Å². The van der Waals surface area contributed by atoms with E-state index in [1.54, 1.807) is 25.1 Å². The highest BCUT2D eigenvalue weighted by molar-refractivity contribution is 5.87. The smallest absolute Gasteiger partial charge is 0.306 e. The first-order chi connectivity index (χ1) is 19.1. The fourth-order valence-corrected chi connectivity index (χ4v) is 6.71. The van der Waals surface area contributed by atoms with Crippen LogP contribution in [0.2, 0.25) is 0 Å². The zero-order valence-electron chi connectivity index (χ0n) is 22.3. The van der Waals surface area contributed by atoms with E-state index in [9.17, 15) is 35.4 Å². The molecule has 2 heterocycles. The van der Waals surface area contributed by atoms with E-state index in [1.165, 1.54) is 19.4 Å². The van der Waals surface area contributed by atoms with Crippen LogP contribution in [0.4, 0.5) is 0 Å². The number of aliphatic hydroxyl groups is 6. The van der Waals surface area contributed by atoms with Crippen molar-refractivity contribution in [3.63, 3.8) is 0 Å². The third-order valence-electron chi connectivity index (χ3n) is 8.59. The van der Waals surface area contributed by atoms with E-state index in [0.29, 0.717) is 16.5 Å². The quantitative estimate of drug-likeness (QED) is 0.177. The number of allylic oxidation sites excluding steroid dienone is 1. The van der Waals surface area contributed by atoms with Crippen molar-refractivity contribution in [2.45, 2.75) is 62.0 Å². The largest absolute Gasteiger partial charge is 0.490 e. The Hall–Kier alpha value is -2.71. The highest BCUT2D eigenvalue weighted by Gasteiger charge is 2.72. The average Bonchev–Trinajstić information content (AvgIpc) is 3.40. The van der Waals surface area contributed by atoms with Gasteiger partial charge >= 0.3 is 5.97 Å². The molecule has 2 aromatic rings. The summed E-state index contributed by atoms with van der Waals surface area (Å²) in [7, 11) is 1.39. The molecule has 1 saturated heterocycles. The maximum atomic E-state index is 12.3. The van der Waals surface area contributed by atoms with Crippen molar-refractivity contribution >= 4 is 16.9 Å². The first-order valence-corrected chi connectivity index (χ1v) is 13.4. The van der Waals surface area contributed by atoms with Crippen molar-refractivity contribution in [2.75, 3.05) is 26.9 Å². The maximum Gasteiger partial charge on any atom is 0.306 e. The maximum absolute atomic E-state index is 12.3. The van der Waals surface area contributed by atoms with E-state index in [4.69, 9.17) is 23.4 Å². The van der Waals surface area contributed by atoms with Crippen LogP contribution in [-0.4, -0.2) is 99.3 Å². The van der Waals surface area contributed by atoms with Crippen LogP contribution in [0.15, 0.2) is 35.0 Å². The number of aryl methyl sites for hydroxylation is 1. The summed E-state index contributed by atoms with van der Waals surface area (Å²) in [6, 6.07) is 3.44. The predicted octanol–water partition coefficient (Wildman–Crippen LogP) is 0.0315. The molecule has 12 nitrogen and oxygen atoms in total. The molecule has 2 aliphatic carbocycles. The van der Waals surface area contributed by atoms with E-state index in [1.807, 2.05) is 0 Å². The fraction of sp³-hybridized carbons (Fsp3) is 0.607. The normalized spacial score (nSPS) is 36.8.